The van der Waals surface area contributed by atoms with E-state index >= 15 is 0 Å². The predicted octanol–water partition coefficient (Wildman–Crippen LogP) is 1.77. The number of carbonyl (C=O) groups excluding carboxylic acids is 1. The third-order valence-corrected chi connectivity index (χ3v) is 3.16. The summed E-state index contributed by atoms with van der Waals surface area (Å²) >= 11 is 0. The van der Waals surface area contributed by atoms with Crippen LogP contribution in [0.5, 0.6) is 0 Å². The number of aliphatic hydroxyl groups is 2. The van der Waals surface area contributed by atoms with Gasteiger partial charge in [0.2, 0.25) is 0 Å². The summed E-state index contributed by atoms with van der Waals surface area (Å²) in [6.07, 6.45) is 3.02. The topological polar surface area (TPSA) is 78.8 Å². The maximum Gasteiger partial charge on any atom is 0.408 e. The second-order valence-electron chi connectivity index (χ2n) is 5.98. The van der Waals surface area contributed by atoms with Crippen molar-refractivity contribution in [2.24, 2.45) is 5.92 Å². The molecule has 3 N–H and O–H groups in total. The van der Waals surface area contributed by atoms with E-state index in [9.17, 15) is 15.0 Å². The summed E-state index contributed by atoms with van der Waals surface area (Å²) in [5.41, 5.74) is -0.582. The fourth-order valence-electron chi connectivity index (χ4n) is 2.37. The van der Waals surface area contributed by atoms with Crippen LogP contribution in [-0.4, -0.2) is 34.2 Å². The molecule has 1 amide bonds. The van der Waals surface area contributed by atoms with E-state index in [4.69, 9.17) is 4.74 Å². The van der Waals surface area contributed by atoms with Crippen molar-refractivity contribution in [3.63, 3.8) is 0 Å². The van der Waals surface area contributed by atoms with E-state index in [1.54, 1.807) is 20.8 Å². The molecule has 1 rings (SSSR count). The zero-order chi connectivity index (χ0) is 13.8. The maximum absolute atomic E-state index is 11.7. The van der Waals surface area contributed by atoms with Crippen molar-refractivity contribution in [3.05, 3.63) is 0 Å². The van der Waals surface area contributed by atoms with Crippen LogP contribution in [0.2, 0.25) is 0 Å². The van der Waals surface area contributed by atoms with Gasteiger partial charge >= 0.3 is 6.09 Å². The number of alkyl carbamates (subject to hydrolysis) is 1. The molecule has 0 bridgehead atoms. The van der Waals surface area contributed by atoms with Crippen LogP contribution in [-0.2, 0) is 4.74 Å². The average Bonchev–Trinajstić information content (AvgIpc) is 2.24. The van der Waals surface area contributed by atoms with Gasteiger partial charge in [0.15, 0.2) is 6.29 Å². The Hall–Kier alpha value is -0.810. The van der Waals surface area contributed by atoms with Crippen LogP contribution in [0, 0.1) is 5.92 Å². The Morgan fingerprint density at radius 2 is 1.78 bits per heavy atom. The minimum atomic E-state index is -1.54. The first kappa shape index (κ1) is 15.2. The van der Waals surface area contributed by atoms with Crippen LogP contribution in [0.3, 0.4) is 0 Å². The number of ether oxygens (including phenoxy) is 1. The fraction of sp³-hybridized carbons (Fsp3) is 0.923. The summed E-state index contributed by atoms with van der Waals surface area (Å²) in [7, 11) is 0. The van der Waals surface area contributed by atoms with Crippen molar-refractivity contribution in [1.82, 2.24) is 5.32 Å². The smallest absolute Gasteiger partial charge is 0.408 e. The molecule has 1 aliphatic rings. The number of hydrogen-bond donors (Lipinski definition) is 3. The van der Waals surface area contributed by atoms with Crippen LogP contribution in [0.25, 0.3) is 0 Å². The van der Waals surface area contributed by atoms with Crippen molar-refractivity contribution < 1.29 is 19.7 Å². The van der Waals surface area contributed by atoms with Crippen molar-refractivity contribution >= 4 is 6.09 Å². The molecule has 106 valence electrons. The Morgan fingerprint density at radius 1 is 1.22 bits per heavy atom. The standard InChI is InChI=1S/C13H25NO4/c1-13(2,3)18-12(17)14-10(11(15)16)9-7-5-4-6-8-9/h9-11,15-16H,4-8H2,1-3H3,(H,14,17). The van der Waals surface area contributed by atoms with Gasteiger partial charge in [-0.3, -0.25) is 0 Å². The van der Waals surface area contributed by atoms with Gasteiger partial charge in [-0.05, 0) is 39.5 Å². The summed E-state index contributed by atoms with van der Waals surface area (Å²) in [4.78, 5) is 11.7. The molecule has 0 heterocycles. The van der Waals surface area contributed by atoms with Crippen molar-refractivity contribution in [1.29, 1.82) is 0 Å². The van der Waals surface area contributed by atoms with E-state index in [1.807, 2.05) is 0 Å². The molecule has 0 aromatic carbocycles. The van der Waals surface area contributed by atoms with Crippen molar-refractivity contribution in [3.8, 4) is 0 Å². The Morgan fingerprint density at radius 3 is 2.22 bits per heavy atom. The summed E-state index contributed by atoms with van der Waals surface area (Å²) < 4.78 is 5.14. The first-order valence-corrected chi connectivity index (χ1v) is 6.65. The van der Waals surface area contributed by atoms with E-state index in [1.165, 1.54) is 6.42 Å². The van der Waals surface area contributed by atoms with Crippen LogP contribution < -0.4 is 5.32 Å². The summed E-state index contributed by atoms with van der Waals surface area (Å²) in [6, 6.07) is -0.639. The van der Waals surface area contributed by atoms with Gasteiger partial charge in [0, 0.05) is 0 Å². The zero-order valence-corrected chi connectivity index (χ0v) is 11.5. The Kier molecular flexibility index (Phi) is 5.41. The quantitative estimate of drug-likeness (QED) is 0.675. The SMILES string of the molecule is CC(C)(C)OC(=O)NC(C(O)O)C1CCCCC1. The first-order valence-electron chi connectivity index (χ1n) is 6.65. The zero-order valence-electron chi connectivity index (χ0n) is 11.5. The number of nitrogens with one attached hydrogen (secondary N) is 1. The van der Waals surface area contributed by atoms with E-state index < -0.39 is 24.0 Å². The third-order valence-electron chi connectivity index (χ3n) is 3.16. The van der Waals surface area contributed by atoms with Gasteiger partial charge in [-0.15, -0.1) is 0 Å². The molecule has 0 aromatic heterocycles. The maximum atomic E-state index is 11.7. The lowest BCUT2D eigenvalue weighted by Crippen LogP contribution is -2.50. The van der Waals surface area contributed by atoms with Crippen molar-refractivity contribution in [2.45, 2.75) is 70.8 Å². The van der Waals surface area contributed by atoms with Gasteiger partial charge in [-0.2, -0.15) is 0 Å². The van der Waals surface area contributed by atoms with Crippen LogP contribution >= 0.6 is 0 Å². The number of carbonyl (C=O) groups is 1. The Balaban J connectivity index is 2.54. The lowest BCUT2D eigenvalue weighted by molar-refractivity contribution is -0.0850. The van der Waals surface area contributed by atoms with Gasteiger partial charge in [-0.25, -0.2) is 4.79 Å². The van der Waals surface area contributed by atoms with Crippen LogP contribution in [0.1, 0.15) is 52.9 Å². The molecule has 0 aromatic rings. The van der Waals surface area contributed by atoms with E-state index in [2.05, 4.69) is 5.32 Å². The minimum absolute atomic E-state index is 0.117. The summed E-state index contributed by atoms with van der Waals surface area (Å²) in [5.74, 6) is 0.117. The molecule has 1 fully saturated rings. The highest BCUT2D eigenvalue weighted by atomic mass is 16.6. The van der Waals surface area contributed by atoms with E-state index in [0.29, 0.717) is 0 Å². The lowest BCUT2D eigenvalue weighted by Gasteiger charge is -2.32. The highest BCUT2D eigenvalue weighted by Gasteiger charge is 2.31. The Labute approximate surface area is 109 Å². The molecule has 0 radical (unpaired) electrons. The van der Waals surface area contributed by atoms with Gasteiger partial charge in [-0.1, -0.05) is 19.3 Å². The second-order valence-corrected chi connectivity index (χ2v) is 5.98. The van der Waals surface area contributed by atoms with Gasteiger partial charge < -0.3 is 20.3 Å². The van der Waals surface area contributed by atoms with Crippen LogP contribution in [0.15, 0.2) is 0 Å². The molecule has 1 aliphatic carbocycles. The van der Waals surface area contributed by atoms with Crippen LogP contribution in [0.4, 0.5) is 4.79 Å². The van der Waals surface area contributed by atoms with Crippen molar-refractivity contribution in [2.75, 3.05) is 0 Å². The molecule has 1 atom stereocenters. The van der Waals surface area contributed by atoms with Gasteiger partial charge in [0.1, 0.15) is 5.60 Å². The van der Waals surface area contributed by atoms with Gasteiger partial charge in [0.25, 0.3) is 0 Å². The molecule has 0 saturated heterocycles. The summed E-state index contributed by atoms with van der Waals surface area (Å²) in [5, 5.41) is 21.4. The largest absolute Gasteiger partial charge is 0.444 e. The number of hydrogen-bond acceptors (Lipinski definition) is 4. The molecule has 1 saturated carbocycles. The molecule has 18 heavy (non-hydrogen) atoms. The van der Waals surface area contributed by atoms with Gasteiger partial charge in [0.05, 0.1) is 6.04 Å². The summed E-state index contributed by atoms with van der Waals surface area (Å²) in [6.45, 7) is 5.33. The molecule has 1 unspecified atom stereocenters. The minimum Gasteiger partial charge on any atom is -0.444 e. The highest BCUT2D eigenvalue weighted by Crippen LogP contribution is 2.27. The Bertz CT molecular complexity index is 267. The number of aliphatic hydroxyl groups excluding tert-OH is 1. The normalized spacial score (nSPS) is 19.7. The highest BCUT2D eigenvalue weighted by molar-refractivity contribution is 5.68. The molecular weight excluding hydrogens is 234 g/mol. The van der Waals surface area contributed by atoms with E-state index in [0.717, 1.165) is 25.7 Å². The number of rotatable bonds is 3. The fourth-order valence-corrected chi connectivity index (χ4v) is 2.37. The molecule has 0 aliphatic heterocycles. The van der Waals surface area contributed by atoms with E-state index in [-0.39, 0.29) is 5.92 Å². The predicted molar refractivity (Wildman–Crippen MR) is 68.0 cm³/mol. The molecule has 5 nitrogen and oxygen atoms in total. The first-order chi connectivity index (χ1) is 8.29. The number of amides is 1. The second kappa shape index (κ2) is 6.38. The molecule has 0 spiro atoms. The third kappa shape index (κ3) is 5.23. The monoisotopic (exact) mass is 259 g/mol. The molecule has 5 heteroatoms. The molecular formula is C13H25NO4. The lowest BCUT2D eigenvalue weighted by atomic mass is 9.83. The average molecular weight is 259 g/mol.